The normalized spacial score (nSPS) is 16.1. The molecule has 0 bridgehead atoms. The number of rotatable bonds is 9. The number of anilines is 2. The van der Waals surface area contributed by atoms with E-state index in [0.29, 0.717) is 23.8 Å². The largest absolute Gasteiger partial charge is 0.494 e. The van der Waals surface area contributed by atoms with Crippen molar-refractivity contribution >= 4 is 40.9 Å². The first kappa shape index (κ1) is 21.9. The van der Waals surface area contributed by atoms with Crippen LogP contribution in [0.1, 0.15) is 32.3 Å². The van der Waals surface area contributed by atoms with Gasteiger partial charge in [-0.25, -0.2) is 4.90 Å². The van der Waals surface area contributed by atoms with Gasteiger partial charge in [0.25, 0.3) is 0 Å². The molecule has 1 fully saturated rings. The number of aryl methyl sites for hydroxylation is 1. The lowest BCUT2D eigenvalue weighted by Crippen LogP contribution is -2.31. The van der Waals surface area contributed by atoms with E-state index in [1.165, 1.54) is 16.7 Å². The Bertz CT molecular complexity index is 914. The Morgan fingerprint density at radius 3 is 2.57 bits per heavy atom. The number of nitrogens with zero attached hydrogens (tertiary/aromatic N) is 1. The van der Waals surface area contributed by atoms with Gasteiger partial charge in [-0.3, -0.25) is 14.4 Å². The molecule has 3 amide bonds. The lowest BCUT2D eigenvalue weighted by atomic mass is 10.1. The van der Waals surface area contributed by atoms with Crippen LogP contribution in [0.5, 0.6) is 5.75 Å². The van der Waals surface area contributed by atoms with Gasteiger partial charge in [0.1, 0.15) is 5.75 Å². The molecule has 1 aliphatic heterocycles. The van der Waals surface area contributed by atoms with Gasteiger partial charge in [0.05, 0.1) is 17.5 Å². The third kappa shape index (κ3) is 5.21. The van der Waals surface area contributed by atoms with Crippen LogP contribution in [-0.4, -0.2) is 35.3 Å². The summed E-state index contributed by atoms with van der Waals surface area (Å²) in [6, 6.07) is 14.6. The lowest BCUT2D eigenvalue weighted by Gasteiger charge is -2.15. The third-order valence-electron chi connectivity index (χ3n) is 4.83. The van der Waals surface area contributed by atoms with Crippen molar-refractivity contribution in [3.8, 4) is 5.75 Å². The molecule has 3 rings (SSSR count). The van der Waals surface area contributed by atoms with E-state index in [1.54, 1.807) is 24.3 Å². The molecule has 2 aromatic rings. The van der Waals surface area contributed by atoms with Crippen molar-refractivity contribution in [1.82, 2.24) is 0 Å². The third-order valence-corrected chi connectivity index (χ3v) is 6.04. The minimum atomic E-state index is -0.459. The van der Waals surface area contributed by atoms with Crippen LogP contribution in [0.25, 0.3) is 0 Å². The maximum absolute atomic E-state index is 12.7. The number of hydrogen-bond acceptors (Lipinski definition) is 5. The number of para-hydroxylation sites is 1. The molecule has 0 aliphatic carbocycles. The van der Waals surface area contributed by atoms with E-state index >= 15 is 0 Å². The quantitative estimate of drug-likeness (QED) is 0.613. The Kier molecular flexibility index (Phi) is 7.52. The van der Waals surface area contributed by atoms with Gasteiger partial charge >= 0.3 is 0 Å². The SMILES string of the molecule is CCOc1ccc(N2C(=O)C[C@H](SCCC(=O)Nc3ccccc3CC)C2=O)cc1. The zero-order chi connectivity index (χ0) is 21.5. The van der Waals surface area contributed by atoms with Gasteiger partial charge in [-0.2, -0.15) is 0 Å². The molecule has 1 N–H and O–H groups in total. The highest BCUT2D eigenvalue weighted by Crippen LogP contribution is 2.31. The van der Waals surface area contributed by atoms with Gasteiger partial charge in [0.2, 0.25) is 17.7 Å². The first-order valence-electron chi connectivity index (χ1n) is 10.1. The second-order valence-electron chi connectivity index (χ2n) is 6.87. The van der Waals surface area contributed by atoms with Crippen molar-refractivity contribution in [2.75, 3.05) is 22.6 Å². The van der Waals surface area contributed by atoms with E-state index in [1.807, 2.05) is 38.1 Å². The highest BCUT2D eigenvalue weighted by atomic mass is 32.2. The van der Waals surface area contributed by atoms with Crippen molar-refractivity contribution in [2.45, 2.75) is 38.4 Å². The van der Waals surface area contributed by atoms with Crippen molar-refractivity contribution in [3.05, 3.63) is 54.1 Å². The van der Waals surface area contributed by atoms with Crippen molar-refractivity contribution < 1.29 is 19.1 Å². The zero-order valence-corrected chi connectivity index (χ0v) is 18.0. The second-order valence-corrected chi connectivity index (χ2v) is 8.18. The fourth-order valence-corrected chi connectivity index (χ4v) is 4.42. The zero-order valence-electron chi connectivity index (χ0n) is 17.2. The van der Waals surface area contributed by atoms with E-state index in [4.69, 9.17) is 4.74 Å². The van der Waals surface area contributed by atoms with Gasteiger partial charge in [-0.15, -0.1) is 11.8 Å². The summed E-state index contributed by atoms with van der Waals surface area (Å²) in [5.41, 5.74) is 2.45. The number of benzene rings is 2. The Balaban J connectivity index is 1.52. The van der Waals surface area contributed by atoms with Crippen LogP contribution in [0, 0.1) is 0 Å². The van der Waals surface area contributed by atoms with Gasteiger partial charge < -0.3 is 10.1 Å². The predicted octanol–water partition coefficient (Wildman–Crippen LogP) is 4.04. The van der Waals surface area contributed by atoms with Crippen molar-refractivity contribution in [2.24, 2.45) is 0 Å². The van der Waals surface area contributed by atoms with Crippen LogP contribution in [0.3, 0.4) is 0 Å². The van der Waals surface area contributed by atoms with E-state index in [-0.39, 0.29) is 30.6 Å². The van der Waals surface area contributed by atoms with E-state index < -0.39 is 5.25 Å². The molecule has 0 spiro atoms. The summed E-state index contributed by atoms with van der Waals surface area (Å²) in [6.45, 7) is 4.49. The molecule has 1 heterocycles. The summed E-state index contributed by atoms with van der Waals surface area (Å²) in [4.78, 5) is 38.6. The number of thioether (sulfide) groups is 1. The minimum absolute atomic E-state index is 0.0939. The molecule has 0 unspecified atom stereocenters. The first-order chi connectivity index (χ1) is 14.5. The molecule has 30 heavy (non-hydrogen) atoms. The summed E-state index contributed by atoms with van der Waals surface area (Å²) < 4.78 is 5.40. The van der Waals surface area contributed by atoms with E-state index in [0.717, 1.165) is 17.7 Å². The van der Waals surface area contributed by atoms with Crippen LogP contribution >= 0.6 is 11.8 Å². The standard InChI is InChI=1S/C23H26N2O4S/c1-3-16-7-5-6-8-19(16)24-21(26)13-14-30-20-15-22(27)25(23(20)28)17-9-11-18(12-10-17)29-4-2/h5-12,20H,3-4,13-15H2,1-2H3,(H,24,26)/t20-/m0/s1. The second kappa shape index (κ2) is 10.3. The molecular formula is C23H26N2O4S. The molecule has 2 aromatic carbocycles. The summed E-state index contributed by atoms with van der Waals surface area (Å²) in [7, 11) is 0. The summed E-state index contributed by atoms with van der Waals surface area (Å²) >= 11 is 1.36. The molecule has 6 nitrogen and oxygen atoms in total. The molecule has 158 valence electrons. The number of carbonyl (C=O) groups excluding carboxylic acids is 3. The molecule has 0 saturated carbocycles. The van der Waals surface area contributed by atoms with Gasteiger partial charge in [-0.05, 0) is 49.2 Å². The highest BCUT2D eigenvalue weighted by Gasteiger charge is 2.39. The molecule has 0 radical (unpaired) electrons. The maximum Gasteiger partial charge on any atom is 0.247 e. The smallest absolute Gasteiger partial charge is 0.247 e. The molecular weight excluding hydrogens is 400 g/mol. The number of carbonyl (C=O) groups is 3. The fraction of sp³-hybridized carbons (Fsp3) is 0.348. The number of amides is 3. The Morgan fingerprint density at radius 1 is 1.13 bits per heavy atom. The monoisotopic (exact) mass is 426 g/mol. The lowest BCUT2D eigenvalue weighted by molar-refractivity contribution is -0.121. The maximum atomic E-state index is 12.7. The van der Waals surface area contributed by atoms with E-state index in [9.17, 15) is 14.4 Å². The van der Waals surface area contributed by atoms with Crippen molar-refractivity contribution in [1.29, 1.82) is 0 Å². The molecule has 1 aliphatic rings. The summed E-state index contributed by atoms with van der Waals surface area (Å²) in [5.74, 6) is 0.625. The Labute approximate surface area is 181 Å². The Hall–Kier alpha value is -2.80. The number of hydrogen-bond donors (Lipinski definition) is 1. The molecule has 1 saturated heterocycles. The van der Waals surface area contributed by atoms with Crippen molar-refractivity contribution in [3.63, 3.8) is 0 Å². The van der Waals surface area contributed by atoms with Crippen LogP contribution < -0.4 is 15.0 Å². The summed E-state index contributed by atoms with van der Waals surface area (Å²) in [6.07, 6.45) is 1.27. The average Bonchev–Trinajstić information content (AvgIpc) is 3.02. The summed E-state index contributed by atoms with van der Waals surface area (Å²) in [5, 5.41) is 2.47. The van der Waals surface area contributed by atoms with Gasteiger partial charge in [0, 0.05) is 24.3 Å². The van der Waals surface area contributed by atoms with Crippen LogP contribution in [-0.2, 0) is 20.8 Å². The van der Waals surface area contributed by atoms with Gasteiger partial charge in [-0.1, -0.05) is 25.1 Å². The molecule has 7 heteroatoms. The highest BCUT2D eigenvalue weighted by molar-refractivity contribution is 8.00. The molecule has 0 aromatic heterocycles. The van der Waals surface area contributed by atoms with E-state index in [2.05, 4.69) is 5.32 Å². The van der Waals surface area contributed by atoms with Crippen LogP contribution in [0.4, 0.5) is 11.4 Å². The first-order valence-corrected chi connectivity index (χ1v) is 11.2. The van der Waals surface area contributed by atoms with Crippen LogP contribution in [0.2, 0.25) is 0 Å². The van der Waals surface area contributed by atoms with Crippen LogP contribution in [0.15, 0.2) is 48.5 Å². The minimum Gasteiger partial charge on any atom is -0.494 e. The number of ether oxygens (including phenoxy) is 1. The van der Waals surface area contributed by atoms with Gasteiger partial charge in [0.15, 0.2) is 0 Å². The predicted molar refractivity (Wildman–Crippen MR) is 120 cm³/mol. The number of imide groups is 1. The fourth-order valence-electron chi connectivity index (χ4n) is 3.32. The number of nitrogens with one attached hydrogen (secondary N) is 1. The average molecular weight is 427 g/mol. The topological polar surface area (TPSA) is 75.7 Å². The Morgan fingerprint density at radius 2 is 1.87 bits per heavy atom. The molecule has 1 atom stereocenters.